The molecule has 2 aromatic carbocycles. The lowest BCUT2D eigenvalue weighted by Crippen LogP contribution is -2.14. The number of phenols is 1. The van der Waals surface area contributed by atoms with Crippen molar-refractivity contribution in [3.05, 3.63) is 64.1 Å². The molecule has 6 heteroatoms. The third-order valence-corrected chi connectivity index (χ3v) is 3.49. The van der Waals surface area contributed by atoms with Crippen molar-refractivity contribution in [1.82, 2.24) is 5.43 Å². The van der Waals surface area contributed by atoms with Crippen LogP contribution in [0.3, 0.4) is 0 Å². The monoisotopic (exact) mass is 374 g/mol. The van der Waals surface area contributed by atoms with Gasteiger partial charge in [0, 0.05) is 6.08 Å². The zero-order valence-electron chi connectivity index (χ0n) is 12.4. The number of hydrazone groups is 1. The molecule has 2 aromatic rings. The van der Waals surface area contributed by atoms with Crippen LogP contribution in [0.25, 0.3) is 6.08 Å². The molecule has 2 rings (SSSR count). The van der Waals surface area contributed by atoms with E-state index in [4.69, 9.17) is 4.74 Å². The van der Waals surface area contributed by atoms with Gasteiger partial charge in [0.15, 0.2) is 11.5 Å². The molecule has 0 fully saturated rings. The average Bonchev–Trinajstić information content (AvgIpc) is 2.57. The lowest BCUT2D eigenvalue weighted by molar-refractivity contribution is -0.116. The van der Waals surface area contributed by atoms with E-state index in [1.54, 1.807) is 18.2 Å². The van der Waals surface area contributed by atoms with E-state index in [-0.39, 0.29) is 11.7 Å². The minimum absolute atomic E-state index is 0.0134. The van der Waals surface area contributed by atoms with E-state index in [1.165, 1.54) is 19.4 Å². The van der Waals surface area contributed by atoms with Gasteiger partial charge in [-0.2, -0.15) is 5.10 Å². The molecule has 0 bridgehead atoms. The van der Waals surface area contributed by atoms with Crippen molar-refractivity contribution < 1.29 is 14.6 Å². The Morgan fingerprint density at radius 1 is 1.26 bits per heavy atom. The maximum atomic E-state index is 11.7. The predicted octanol–water partition coefficient (Wildman–Crippen LogP) is 3.33. The molecule has 0 radical (unpaired) electrons. The van der Waals surface area contributed by atoms with Gasteiger partial charge in [-0.1, -0.05) is 30.3 Å². The van der Waals surface area contributed by atoms with Crippen LogP contribution in [0, 0.1) is 0 Å². The number of hydrogen-bond acceptors (Lipinski definition) is 4. The summed E-state index contributed by atoms with van der Waals surface area (Å²) in [6.45, 7) is 0. The predicted molar refractivity (Wildman–Crippen MR) is 93.6 cm³/mol. The Morgan fingerprint density at radius 3 is 2.70 bits per heavy atom. The van der Waals surface area contributed by atoms with E-state index in [0.29, 0.717) is 15.8 Å². The van der Waals surface area contributed by atoms with Crippen molar-refractivity contribution in [2.75, 3.05) is 7.11 Å². The van der Waals surface area contributed by atoms with E-state index in [0.717, 1.165) is 5.56 Å². The molecular weight excluding hydrogens is 360 g/mol. The van der Waals surface area contributed by atoms with E-state index < -0.39 is 0 Å². The first-order valence-corrected chi connectivity index (χ1v) is 7.52. The van der Waals surface area contributed by atoms with Crippen LogP contribution < -0.4 is 10.2 Å². The van der Waals surface area contributed by atoms with Crippen molar-refractivity contribution >= 4 is 34.1 Å². The fraction of sp³-hybridized carbons (Fsp3) is 0.0588. The number of amides is 1. The highest BCUT2D eigenvalue weighted by Crippen LogP contribution is 2.34. The molecule has 2 N–H and O–H groups in total. The first-order chi connectivity index (χ1) is 11.1. The second-order valence-electron chi connectivity index (χ2n) is 4.53. The van der Waals surface area contributed by atoms with Crippen LogP contribution in [0.4, 0.5) is 0 Å². The second kappa shape index (κ2) is 8.14. The second-order valence-corrected chi connectivity index (χ2v) is 5.39. The summed E-state index contributed by atoms with van der Waals surface area (Å²) < 4.78 is 5.52. The molecule has 0 aliphatic carbocycles. The summed E-state index contributed by atoms with van der Waals surface area (Å²) in [5, 5.41) is 13.6. The summed E-state index contributed by atoms with van der Waals surface area (Å²) in [4.78, 5) is 11.7. The van der Waals surface area contributed by atoms with Crippen LogP contribution in [0.2, 0.25) is 0 Å². The first-order valence-electron chi connectivity index (χ1n) is 6.73. The fourth-order valence-corrected chi connectivity index (χ4v) is 2.23. The minimum atomic E-state index is -0.338. The minimum Gasteiger partial charge on any atom is -0.503 e. The lowest BCUT2D eigenvalue weighted by Gasteiger charge is -2.06. The van der Waals surface area contributed by atoms with Crippen LogP contribution in [0.1, 0.15) is 11.1 Å². The van der Waals surface area contributed by atoms with Gasteiger partial charge in [0.25, 0.3) is 5.91 Å². The molecule has 0 aliphatic rings. The van der Waals surface area contributed by atoms with E-state index in [1.807, 2.05) is 30.3 Å². The van der Waals surface area contributed by atoms with Gasteiger partial charge in [0.1, 0.15) is 0 Å². The molecule has 0 unspecified atom stereocenters. The Morgan fingerprint density at radius 2 is 2.00 bits per heavy atom. The van der Waals surface area contributed by atoms with E-state index >= 15 is 0 Å². The Labute approximate surface area is 142 Å². The highest BCUT2D eigenvalue weighted by molar-refractivity contribution is 9.10. The number of carbonyl (C=O) groups is 1. The maximum Gasteiger partial charge on any atom is 0.264 e. The quantitative estimate of drug-likeness (QED) is 0.479. The van der Waals surface area contributed by atoms with Crippen LogP contribution in [0.5, 0.6) is 11.5 Å². The van der Waals surface area contributed by atoms with Crippen molar-refractivity contribution in [2.45, 2.75) is 0 Å². The van der Waals surface area contributed by atoms with Crippen molar-refractivity contribution in [3.63, 3.8) is 0 Å². The third kappa shape index (κ3) is 4.96. The summed E-state index contributed by atoms with van der Waals surface area (Å²) in [5.74, 6) is -0.00878. The lowest BCUT2D eigenvalue weighted by atomic mass is 10.2. The van der Waals surface area contributed by atoms with Crippen LogP contribution >= 0.6 is 15.9 Å². The van der Waals surface area contributed by atoms with Gasteiger partial charge in [0.05, 0.1) is 17.8 Å². The largest absolute Gasteiger partial charge is 0.503 e. The third-order valence-electron chi connectivity index (χ3n) is 2.89. The molecule has 0 aromatic heterocycles. The Hall–Kier alpha value is -2.60. The van der Waals surface area contributed by atoms with Crippen LogP contribution in [-0.2, 0) is 4.79 Å². The number of carbonyl (C=O) groups excluding carboxylic acids is 1. The molecule has 118 valence electrons. The van der Waals surface area contributed by atoms with Gasteiger partial charge in [-0.25, -0.2) is 5.43 Å². The molecule has 0 saturated heterocycles. The summed E-state index contributed by atoms with van der Waals surface area (Å²) >= 11 is 3.22. The number of rotatable bonds is 5. The van der Waals surface area contributed by atoms with Crippen molar-refractivity contribution in [2.24, 2.45) is 5.10 Å². The maximum absolute atomic E-state index is 11.7. The SMILES string of the molecule is COc1cc(/C=N\NC(=O)/C=C/c2ccccc2)cc(Br)c1O. The standard InChI is InChI=1S/C17H15BrN2O3/c1-23-15-10-13(9-14(18)17(15)22)11-19-20-16(21)8-7-12-5-3-2-4-6-12/h2-11,22H,1H3,(H,20,21)/b8-7+,19-11-. The molecule has 0 saturated carbocycles. The van der Waals surface area contributed by atoms with Crippen LogP contribution in [0.15, 0.2) is 58.1 Å². The number of phenolic OH excluding ortho intramolecular Hbond substituents is 1. The molecular formula is C17H15BrN2O3. The Bertz CT molecular complexity index is 743. The van der Waals surface area contributed by atoms with E-state index in [2.05, 4.69) is 26.5 Å². The summed E-state index contributed by atoms with van der Waals surface area (Å²) in [7, 11) is 1.46. The van der Waals surface area contributed by atoms with Crippen molar-refractivity contribution in [3.8, 4) is 11.5 Å². The average molecular weight is 375 g/mol. The molecule has 0 aliphatic heterocycles. The molecule has 23 heavy (non-hydrogen) atoms. The topological polar surface area (TPSA) is 70.9 Å². The highest BCUT2D eigenvalue weighted by atomic mass is 79.9. The van der Waals surface area contributed by atoms with E-state index in [9.17, 15) is 9.90 Å². The summed E-state index contributed by atoms with van der Waals surface area (Å²) in [5.41, 5.74) is 3.99. The summed E-state index contributed by atoms with van der Waals surface area (Å²) in [6, 6.07) is 12.8. The number of ether oxygens (including phenoxy) is 1. The Kier molecular flexibility index (Phi) is 5.94. The zero-order valence-corrected chi connectivity index (χ0v) is 13.9. The van der Waals surface area contributed by atoms with Gasteiger partial charge in [0.2, 0.25) is 0 Å². The first kappa shape index (κ1) is 16.8. The Balaban J connectivity index is 1.97. The van der Waals surface area contributed by atoms with Gasteiger partial charge >= 0.3 is 0 Å². The summed E-state index contributed by atoms with van der Waals surface area (Å²) in [6.07, 6.45) is 4.56. The molecule has 5 nitrogen and oxygen atoms in total. The number of hydrogen-bond donors (Lipinski definition) is 2. The van der Waals surface area contributed by atoms with Gasteiger partial charge < -0.3 is 9.84 Å². The smallest absolute Gasteiger partial charge is 0.264 e. The molecule has 0 spiro atoms. The van der Waals surface area contributed by atoms with Gasteiger partial charge in [-0.3, -0.25) is 4.79 Å². The fourth-order valence-electron chi connectivity index (χ4n) is 1.77. The number of methoxy groups -OCH3 is 1. The van der Waals surface area contributed by atoms with Gasteiger partial charge in [-0.05, 0) is 45.3 Å². The molecule has 1 amide bonds. The highest BCUT2D eigenvalue weighted by Gasteiger charge is 2.07. The number of nitrogens with one attached hydrogen (secondary N) is 1. The number of benzene rings is 2. The van der Waals surface area contributed by atoms with Crippen molar-refractivity contribution in [1.29, 1.82) is 0 Å². The number of halogens is 1. The number of aromatic hydroxyl groups is 1. The zero-order chi connectivity index (χ0) is 16.7. The van der Waals surface area contributed by atoms with Crippen LogP contribution in [-0.4, -0.2) is 24.3 Å². The number of nitrogens with zero attached hydrogens (tertiary/aromatic N) is 1. The molecule has 0 atom stereocenters. The molecule has 0 heterocycles. The normalized spacial score (nSPS) is 11.0. The van der Waals surface area contributed by atoms with Gasteiger partial charge in [-0.15, -0.1) is 0 Å².